The molecule has 0 aromatic carbocycles. The number of fused-ring (bicyclic) bond motifs is 1. The van der Waals surface area contributed by atoms with E-state index < -0.39 is 51.3 Å². The van der Waals surface area contributed by atoms with E-state index in [4.69, 9.17) is 25.6 Å². The normalized spacial score (nSPS) is 27.0. The van der Waals surface area contributed by atoms with Gasteiger partial charge in [0.2, 0.25) is 6.23 Å². The molecule has 3 rings (SSSR count). The molecule has 183 valence electrons. The molecule has 0 saturated carbocycles. The summed E-state index contributed by atoms with van der Waals surface area (Å²) in [6.45, 7) is 3.22. The van der Waals surface area contributed by atoms with Crippen LogP contribution in [0, 0.1) is 5.92 Å². The number of nitrogens with one attached hydrogen (secondary N) is 1. The van der Waals surface area contributed by atoms with Crippen LogP contribution in [0.25, 0.3) is 0 Å². The fraction of sp³-hybridized carbons (Fsp3) is 0.647. The summed E-state index contributed by atoms with van der Waals surface area (Å²) >= 11 is 0. The zero-order valence-corrected chi connectivity index (χ0v) is 19.2. The van der Waals surface area contributed by atoms with Gasteiger partial charge in [-0.15, -0.1) is 9.71 Å². The van der Waals surface area contributed by atoms with Gasteiger partial charge in [0.05, 0.1) is 7.11 Å². The lowest BCUT2D eigenvalue weighted by Gasteiger charge is -2.29. The van der Waals surface area contributed by atoms with Gasteiger partial charge in [-0.3, -0.25) is 4.79 Å². The van der Waals surface area contributed by atoms with E-state index in [1.165, 1.54) is 24.7 Å². The number of nitrogen functional groups attached to an aromatic ring is 1. The molecule has 3 heterocycles. The summed E-state index contributed by atoms with van der Waals surface area (Å²) in [6.07, 6.45) is -2.22. The molecular weight excluding hydrogens is 461 g/mol. The Labute approximate surface area is 190 Å². The highest BCUT2D eigenvalue weighted by Gasteiger charge is 2.53. The number of nitrogens with zero attached hydrogens (tertiary/aromatic N) is 4. The first-order chi connectivity index (χ1) is 15.6. The number of hydrogen-bond donors (Lipinski definition) is 5. The van der Waals surface area contributed by atoms with Crippen molar-refractivity contribution in [3.05, 3.63) is 6.33 Å². The third-order valence-corrected chi connectivity index (χ3v) is 6.45. The Morgan fingerprint density at radius 2 is 2.15 bits per heavy atom. The Morgan fingerprint density at radius 1 is 1.42 bits per heavy atom. The zero-order valence-electron chi connectivity index (χ0n) is 18.3. The van der Waals surface area contributed by atoms with Crippen molar-refractivity contribution in [2.45, 2.75) is 50.8 Å². The molecule has 1 aromatic heterocycles. The summed E-state index contributed by atoms with van der Waals surface area (Å²) in [7, 11) is -3.02. The molecule has 6 atom stereocenters. The van der Waals surface area contributed by atoms with Crippen LogP contribution in [0.5, 0.6) is 0 Å². The molecular formula is C17H28N7O8P+. The molecule has 33 heavy (non-hydrogen) atoms. The standard InChI is InChI=1S/C17H28N7O8P/c1-8(2)4-9(17(27)29-3)23-33(28,32-19)30-5-10-12(25)13(26)16(31-10)24-7-22-11-14(18)20-6-21-15(11)24/h6-10,12-13,16,25-26H,4-5,19H2,1-3H3,(H,23,28)(H2,18,20,21)/q+1/t9?,10-,12-,13+,16-,33?/m0/s1. The molecule has 1 fully saturated rings. The highest BCUT2D eigenvalue weighted by atomic mass is 31.2. The fourth-order valence-electron chi connectivity index (χ4n) is 3.43. The van der Waals surface area contributed by atoms with Crippen LogP contribution in [-0.2, 0) is 23.4 Å². The number of esters is 1. The van der Waals surface area contributed by atoms with Gasteiger partial charge in [-0.25, -0.2) is 4.98 Å². The highest BCUT2D eigenvalue weighted by Crippen LogP contribution is 2.48. The first kappa shape index (κ1) is 25.6. The number of aliphatic hydroxyl groups is 2. The van der Waals surface area contributed by atoms with E-state index >= 15 is 0 Å². The van der Waals surface area contributed by atoms with Crippen molar-refractivity contribution in [3.63, 3.8) is 0 Å². The van der Waals surface area contributed by atoms with Gasteiger partial charge in [-0.05, 0) is 17.3 Å². The molecule has 7 N–H and O–H groups in total. The van der Waals surface area contributed by atoms with Crippen molar-refractivity contribution in [2.24, 2.45) is 11.8 Å². The second-order valence-electron chi connectivity index (χ2n) is 7.86. The maximum Gasteiger partial charge on any atom is 0.338 e. The maximum atomic E-state index is 12.9. The Hall–Kier alpha value is -2.07. The van der Waals surface area contributed by atoms with Gasteiger partial charge >= 0.3 is 14.1 Å². The Kier molecular flexibility index (Phi) is 8.10. The van der Waals surface area contributed by atoms with Crippen molar-refractivity contribution in [1.82, 2.24) is 20.0 Å². The average molecular weight is 489 g/mol. The number of anilines is 2. The second-order valence-corrected chi connectivity index (χ2v) is 9.58. The van der Waals surface area contributed by atoms with Crippen LogP contribution in [0.2, 0.25) is 0 Å². The minimum absolute atomic E-state index is 0.0477. The van der Waals surface area contributed by atoms with Gasteiger partial charge in [0.1, 0.15) is 37.3 Å². The van der Waals surface area contributed by atoms with Gasteiger partial charge in [-0.2, -0.15) is 20.3 Å². The number of rotatable bonds is 10. The molecule has 2 aliphatic heterocycles. The summed E-state index contributed by atoms with van der Waals surface area (Å²) in [5, 5.41) is 23.4. The number of hydrogen-bond acceptors (Lipinski definition) is 15. The molecule has 0 amide bonds. The van der Waals surface area contributed by atoms with Crippen molar-refractivity contribution >= 4 is 37.7 Å². The number of methoxy groups -OCH3 is 1. The van der Waals surface area contributed by atoms with Crippen LogP contribution >= 0.6 is 8.09 Å². The molecule has 16 heteroatoms. The summed E-state index contributed by atoms with van der Waals surface area (Å²) in [5.41, 5.74) is 6.07. The summed E-state index contributed by atoms with van der Waals surface area (Å²) in [6, 6.07) is -1.01. The van der Waals surface area contributed by atoms with Crippen LogP contribution in [0.1, 0.15) is 20.3 Å². The van der Waals surface area contributed by atoms with E-state index in [1.54, 1.807) is 0 Å². The lowest BCUT2D eigenvalue weighted by atomic mass is 10.1. The van der Waals surface area contributed by atoms with Crippen LogP contribution in [-0.4, -0.2) is 76.8 Å². The van der Waals surface area contributed by atoms with Crippen LogP contribution < -0.4 is 31.5 Å². The van der Waals surface area contributed by atoms with E-state index in [9.17, 15) is 19.9 Å². The lowest BCUT2D eigenvalue weighted by molar-refractivity contribution is -0.228. The first-order valence-corrected chi connectivity index (χ1v) is 11.6. The predicted octanol–water partition coefficient (Wildman–Crippen LogP) is -2.56. The molecule has 1 radical (unpaired) electrons. The third kappa shape index (κ3) is 5.54. The minimum atomic E-state index is -4.21. The molecule has 1 saturated heterocycles. The number of carbonyl (C=O) groups is 1. The zero-order chi connectivity index (χ0) is 24.3. The Bertz CT molecular complexity index is 880. The smallest absolute Gasteiger partial charge is 0.338 e. The summed E-state index contributed by atoms with van der Waals surface area (Å²) in [4.78, 5) is 38.4. The van der Waals surface area contributed by atoms with Crippen molar-refractivity contribution in [3.8, 4) is 0 Å². The number of ether oxygens (including phenoxy) is 2. The quantitative estimate of drug-likeness (QED) is 0.130. The minimum Gasteiger partial charge on any atom is -0.615 e. The van der Waals surface area contributed by atoms with Crippen molar-refractivity contribution < 1.29 is 38.5 Å². The Balaban J connectivity index is 1.66. The van der Waals surface area contributed by atoms with Gasteiger partial charge < -0.3 is 30.3 Å². The molecule has 1 aromatic rings. The van der Waals surface area contributed by atoms with Crippen molar-refractivity contribution in [2.75, 3.05) is 24.4 Å². The van der Waals surface area contributed by atoms with Crippen LogP contribution in [0.3, 0.4) is 0 Å². The highest BCUT2D eigenvalue weighted by molar-refractivity contribution is 7.57. The van der Waals surface area contributed by atoms with Crippen LogP contribution in [0.4, 0.5) is 17.3 Å². The summed E-state index contributed by atoms with van der Waals surface area (Å²) in [5.74, 6) is 4.96. The number of carbonyl (C=O) groups excluding carboxylic acids is 1. The van der Waals surface area contributed by atoms with Crippen LogP contribution in [0.15, 0.2) is 6.33 Å². The Morgan fingerprint density at radius 3 is 2.79 bits per heavy atom. The summed E-state index contributed by atoms with van der Waals surface area (Å²) < 4.78 is 20.2. The number of aliphatic hydroxyl groups excluding tert-OH is 2. The number of aromatic nitrogens is 2. The second kappa shape index (κ2) is 10.5. The van der Waals surface area contributed by atoms with E-state index in [0.29, 0.717) is 5.69 Å². The number of aliphatic imine (C=N–C) groups is 1. The lowest BCUT2D eigenvalue weighted by Crippen LogP contribution is -2.45. The topological polar surface area (TPSA) is 225 Å². The molecule has 2 aliphatic rings. The monoisotopic (exact) mass is 489 g/mol. The molecule has 0 aliphatic carbocycles. The largest absolute Gasteiger partial charge is 0.615 e. The molecule has 2 unspecified atom stereocenters. The van der Waals surface area contributed by atoms with E-state index in [-0.39, 0.29) is 24.0 Å². The van der Waals surface area contributed by atoms with E-state index in [1.807, 2.05) is 13.8 Å². The van der Waals surface area contributed by atoms with Gasteiger partial charge in [-0.1, -0.05) is 13.8 Å². The molecule has 0 spiro atoms. The van der Waals surface area contributed by atoms with E-state index in [2.05, 4.69) is 24.7 Å². The third-order valence-electron chi connectivity index (χ3n) is 5.05. The fourth-order valence-corrected chi connectivity index (χ4v) is 4.56. The number of nitrogens with two attached hydrogens (primary N) is 2. The SMILES string of the molecule is COC(=O)C(CC(C)C)N[P+]([O-])(ON)OC[C@@H]1O[C@H](N2C=[N+]c3c(N)ncnc32)[C@H](O)[C@H]1O. The predicted molar refractivity (Wildman–Crippen MR) is 114 cm³/mol. The van der Waals surface area contributed by atoms with Gasteiger partial charge in [0, 0.05) is 0 Å². The maximum absolute atomic E-state index is 12.9. The van der Waals surface area contributed by atoms with Gasteiger partial charge in [0.15, 0.2) is 5.82 Å². The molecule has 15 nitrogen and oxygen atoms in total. The molecule has 0 bridgehead atoms. The van der Waals surface area contributed by atoms with E-state index in [0.717, 1.165) is 0 Å². The average Bonchev–Trinajstić information content (AvgIpc) is 3.33. The van der Waals surface area contributed by atoms with Gasteiger partial charge in [0.25, 0.3) is 17.8 Å². The first-order valence-electron chi connectivity index (χ1n) is 10.0. The van der Waals surface area contributed by atoms with Crippen molar-refractivity contribution in [1.29, 1.82) is 0 Å².